The Balaban J connectivity index is 0.000000255. The first-order chi connectivity index (χ1) is 10.6. The number of halogens is 2. The van der Waals surface area contributed by atoms with Gasteiger partial charge in [-0.15, -0.1) is 0 Å². The molecule has 1 aromatic carbocycles. The number of nitrogens with one attached hydrogen (secondary N) is 2. The summed E-state index contributed by atoms with van der Waals surface area (Å²) in [5, 5.41) is 7.25. The molecule has 0 bridgehead atoms. The van der Waals surface area contributed by atoms with Crippen LogP contribution in [0.2, 0.25) is 10.0 Å². The van der Waals surface area contributed by atoms with Gasteiger partial charge in [-0.25, -0.2) is 0 Å². The van der Waals surface area contributed by atoms with E-state index in [1.165, 1.54) is 7.11 Å². The zero-order valence-electron chi connectivity index (χ0n) is 12.6. The van der Waals surface area contributed by atoms with E-state index in [0.29, 0.717) is 29.1 Å². The molecule has 0 radical (unpaired) electrons. The number of rotatable bonds is 4. The predicted octanol–water partition coefficient (Wildman–Crippen LogP) is 1.98. The van der Waals surface area contributed by atoms with Crippen molar-refractivity contribution in [2.24, 2.45) is 5.92 Å². The number of amides is 1. The zero-order chi connectivity index (χ0) is 16.2. The minimum Gasteiger partial charge on any atom is -0.380 e. The summed E-state index contributed by atoms with van der Waals surface area (Å²) in [6.07, 6.45) is 0. The van der Waals surface area contributed by atoms with E-state index in [1.807, 2.05) is 12.1 Å². The first-order valence-corrected chi connectivity index (χ1v) is 7.83. The Hall–Kier alpha value is -0.850. The zero-order valence-corrected chi connectivity index (χ0v) is 14.1. The van der Waals surface area contributed by atoms with E-state index >= 15 is 0 Å². The standard InChI is InChI=1S/C9H18N2O3.C6H4Cl2/c1-13-7-9(12)11-5-8-4-10-2-3-14-6-8;7-5-3-1-2-4-6(5)8/h8,10H,2-7H2,1H3,(H,11,12);1-4H. The quantitative estimate of drug-likeness (QED) is 0.873. The van der Waals surface area contributed by atoms with E-state index < -0.39 is 0 Å². The van der Waals surface area contributed by atoms with Gasteiger partial charge in [-0.3, -0.25) is 4.79 Å². The number of hydrogen-bond acceptors (Lipinski definition) is 4. The van der Waals surface area contributed by atoms with Crippen molar-refractivity contribution in [3.63, 3.8) is 0 Å². The Kier molecular flexibility index (Phi) is 10.2. The second-order valence-electron chi connectivity index (χ2n) is 4.80. The normalized spacial score (nSPS) is 17.9. The van der Waals surface area contributed by atoms with Gasteiger partial charge in [-0.1, -0.05) is 35.3 Å². The second-order valence-corrected chi connectivity index (χ2v) is 5.61. The van der Waals surface area contributed by atoms with Crippen molar-refractivity contribution in [2.45, 2.75) is 0 Å². The van der Waals surface area contributed by atoms with Gasteiger partial charge in [0.2, 0.25) is 5.91 Å². The minimum absolute atomic E-state index is 0.0725. The fourth-order valence-corrected chi connectivity index (χ4v) is 2.04. The first-order valence-electron chi connectivity index (χ1n) is 7.07. The molecular formula is C15H22Cl2N2O3. The summed E-state index contributed by atoms with van der Waals surface area (Å²) in [5.74, 6) is 0.287. The molecule has 1 aromatic rings. The number of ether oxygens (including phenoxy) is 2. The maximum absolute atomic E-state index is 11.1. The van der Waals surface area contributed by atoms with E-state index in [2.05, 4.69) is 10.6 Å². The summed E-state index contributed by atoms with van der Waals surface area (Å²) in [7, 11) is 1.51. The SMILES string of the molecule is COCC(=O)NCC1CNCCOC1.Clc1ccccc1Cl. The Morgan fingerprint density at radius 2 is 2.09 bits per heavy atom. The molecule has 0 spiro atoms. The third kappa shape index (κ3) is 8.56. The van der Waals surface area contributed by atoms with Crippen molar-refractivity contribution >= 4 is 29.1 Å². The topological polar surface area (TPSA) is 59.6 Å². The van der Waals surface area contributed by atoms with Gasteiger partial charge in [0.1, 0.15) is 6.61 Å². The number of carbonyl (C=O) groups is 1. The number of methoxy groups -OCH3 is 1. The van der Waals surface area contributed by atoms with Crippen LogP contribution >= 0.6 is 23.2 Å². The molecule has 1 heterocycles. The maximum atomic E-state index is 11.1. The lowest BCUT2D eigenvalue weighted by Crippen LogP contribution is -2.36. The summed E-state index contributed by atoms with van der Waals surface area (Å²) in [5.41, 5.74) is 0. The monoisotopic (exact) mass is 348 g/mol. The summed E-state index contributed by atoms with van der Waals surface area (Å²) < 4.78 is 10.1. The molecule has 1 aliphatic heterocycles. The third-order valence-electron chi connectivity index (χ3n) is 2.90. The molecule has 1 amide bonds. The molecule has 1 saturated heterocycles. The molecular weight excluding hydrogens is 327 g/mol. The van der Waals surface area contributed by atoms with Gasteiger partial charge in [0, 0.05) is 32.7 Å². The van der Waals surface area contributed by atoms with E-state index in [9.17, 15) is 4.79 Å². The smallest absolute Gasteiger partial charge is 0.245 e. The van der Waals surface area contributed by atoms with Crippen molar-refractivity contribution in [1.29, 1.82) is 0 Å². The van der Waals surface area contributed by atoms with Crippen molar-refractivity contribution in [2.75, 3.05) is 46.6 Å². The molecule has 1 aliphatic rings. The molecule has 0 saturated carbocycles. The summed E-state index contributed by atoms with van der Waals surface area (Å²) >= 11 is 11.2. The van der Waals surface area contributed by atoms with Crippen LogP contribution < -0.4 is 10.6 Å². The van der Waals surface area contributed by atoms with Gasteiger partial charge in [-0.05, 0) is 12.1 Å². The Bertz CT molecular complexity index is 418. The highest BCUT2D eigenvalue weighted by Crippen LogP contribution is 2.19. The maximum Gasteiger partial charge on any atom is 0.245 e. The van der Waals surface area contributed by atoms with Crippen LogP contribution in [0.3, 0.4) is 0 Å². The molecule has 0 aliphatic carbocycles. The van der Waals surface area contributed by atoms with Gasteiger partial charge in [0.05, 0.1) is 23.3 Å². The van der Waals surface area contributed by atoms with Crippen LogP contribution in [-0.4, -0.2) is 52.5 Å². The highest BCUT2D eigenvalue weighted by Gasteiger charge is 2.12. The lowest BCUT2D eigenvalue weighted by atomic mass is 10.1. The van der Waals surface area contributed by atoms with E-state index in [1.54, 1.807) is 12.1 Å². The van der Waals surface area contributed by atoms with Crippen LogP contribution in [0.1, 0.15) is 0 Å². The van der Waals surface area contributed by atoms with Gasteiger partial charge in [-0.2, -0.15) is 0 Å². The fraction of sp³-hybridized carbons (Fsp3) is 0.533. The molecule has 2 N–H and O–H groups in total. The average Bonchev–Trinajstić information content (AvgIpc) is 2.78. The Labute approximate surface area is 141 Å². The van der Waals surface area contributed by atoms with Gasteiger partial charge in [0.25, 0.3) is 0 Å². The lowest BCUT2D eigenvalue weighted by Gasteiger charge is -2.14. The lowest BCUT2D eigenvalue weighted by molar-refractivity contribution is -0.124. The fourth-order valence-electron chi connectivity index (χ4n) is 1.77. The molecule has 2 rings (SSSR count). The van der Waals surface area contributed by atoms with Crippen LogP contribution in [0.15, 0.2) is 24.3 Å². The van der Waals surface area contributed by atoms with Gasteiger partial charge >= 0.3 is 0 Å². The molecule has 124 valence electrons. The van der Waals surface area contributed by atoms with Crippen molar-refractivity contribution in [3.8, 4) is 0 Å². The molecule has 7 heteroatoms. The third-order valence-corrected chi connectivity index (χ3v) is 3.65. The molecule has 5 nitrogen and oxygen atoms in total. The largest absolute Gasteiger partial charge is 0.380 e. The van der Waals surface area contributed by atoms with E-state index in [4.69, 9.17) is 32.7 Å². The van der Waals surface area contributed by atoms with Crippen molar-refractivity contribution in [1.82, 2.24) is 10.6 Å². The second kappa shape index (κ2) is 11.7. The number of hydrogen-bond donors (Lipinski definition) is 2. The first kappa shape index (κ1) is 19.2. The summed E-state index contributed by atoms with van der Waals surface area (Å²) in [4.78, 5) is 11.1. The van der Waals surface area contributed by atoms with Gasteiger partial charge in [0.15, 0.2) is 0 Å². The summed E-state index contributed by atoms with van der Waals surface area (Å²) in [6.45, 7) is 4.02. The molecule has 22 heavy (non-hydrogen) atoms. The molecule has 0 aromatic heterocycles. The molecule has 1 atom stereocenters. The highest BCUT2D eigenvalue weighted by molar-refractivity contribution is 6.41. The van der Waals surface area contributed by atoms with Crippen LogP contribution in [0.5, 0.6) is 0 Å². The number of carbonyl (C=O) groups excluding carboxylic acids is 1. The molecule has 1 unspecified atom stereocenters. The predicted molar refractivity (Wildman–Crippen MR) is 88.5 cm³/mol. The van der Waals surface area contributed by atoms with E-state index in [-0.39, 0.29) is 12.5 Å². The Morgan fingerprint density at radius 3 is 2.68 bits per heavy atom. The van der Waals surface area contributed by atoms with Crippen molar-refractivity contribution in [3.05, 3.63) is 34.3 Å². The van der Waals surface area contributed by atoms with Crippen LogP contribution in [-0.2, 0) is 14.3 Å². The van der Waals surface area contributed by atoms with Crippen molar-refractivity contribution < 1.29 is 14.3 Å². The Morgan fingerprint density at radius 1 is 1.41 bits per heavy atom. The minimum atomic E-state index is -0.0725. The van der Waals surface area contributed by atoms with E-state index in [0.717, 1.165) is 19.7 Å². The summed E-state index contributed by atoms with van der Waals surface area (Å²) in [6, 6.07) is 7.19. The average molecular weight is 349 g/mol. The van der Waals surface area contributed by atoms with Crippen LogP contribution in [0.25, 0.3) is 0 Å². The van der Waals surface area contributed by atoms with Gasteiger partial charge < -0.3 is 20.1 Å². The van der Waals surface area contributed by atoms with Crippen LogP contribution in [0, 0.1) is 5.92 Å². The number of benzene rings is 1. The molecule has 1 fully saturated rings. The highest BCUT2D eigenvalue weighted by atomic mass is 35.5. The van der Waals surface area contributed by atoms with Crippen LogP contribution in [0.4, 0.5) is 0 Å².